The highest BCUT2D eigenvalue weighted by Crippen LogP contribution is 2.33. The molecule has 1 aromatic carbocycles. The summed E-state index contributed by atoms with van der Waals surface area (Å²) in [6, 6.07) is 9.62. The number of piperidine rings is 1. The van der Waals surface area contributed by atoms with Crippen molar-refractivity contribution in [1.82, 2.24) is 10.2 Å². The average molecular weight is 360 g/mol. The second kappa shape index (κ2) is 8.11. The van der Waals surface area contributed by atoms with Crippen molar-refractivity contribution in [3.05, 3.63) is 29.8 Å². The van der Waals surface area contributed by atoms with Gasteiger partial charge in [0.1, 0.15) is 0 Å². The summed E-state index contributed by atoms with van der Waals surface area (Å²) in [5.41, 5.74) is 2.25. The van der Waals surface area contributed by atoms with Crippen LogP contribution in [-0.2, 0) is 11.3 Å². The fourth-order valence-corrected chi connectivity index (χ4v) is 5.56. The predicted octanol–water partition coefficient (Wildman–Crippen LogP) is 3.09. The third-order valence-electron chi connectivity index (χ3n) is 5.83. The van der Waals surface area contributed by atoms with Gasteiger partial charge in [-0.3, -0.25) is 9.69 Å². The predicted molar refractivity (Wildman–Crippen MR) is 105 cm³/mol. The van der Waals surface area contributed by atoms with E-state index in [0.29, 0.717) is 24.4 Å². The maximum atomic E-state index is 12.6. The maximum Gasteiger partial charge on any atom is 0.224 e. The van der Waals surface area contributed by atoms with Crippen LogP contribution < -0.4 is 10.6 Å². The highest BCUT2D eigenvalue weighted by atomic mass is 32.2. The molecule has 3 heterocycles. The molecule has 2 atom stereocenters. The number of para-hydroxylation sites is 1. The van der Waals surface area contributed by atoms with Crippen molar-refractivity contribution in [3.63, 3.8) is 0 Å². The van der Waals surface area contributed by atoms with Gasteiger partial charge in [-0.1, -0.05) is 18.2 Å². The van der Waals surface area contributed by atoms with Gasteiger partial charge in [-0.15, -0.1) is 0 Å². The van der Waals surface area contributed by atoms with Crippen molar-refractivity contribution < 1.29 is 4.79 Å². The first-order valence-electron chi connectivity index (χ1n) is 9.70. The molecule has 3 fully saturated rings. The van der Waals surface area contributed by atoms with Crippen molar-refractivity contribution in [2.75, 3.05) is 29.9 Å². The van der Waals surface area contributed by atoms with Gasteiger partial charge < -0.3 is 10.6 Å². The Morgan fingerprint density at radius 1 is 1.16 bits per heavy atom. The van der Waals surface area contributed by atoms with Gasteiger partial charge in [0.05, 0.1) is 0 Å². The Morgan fingerprint density at radius 2 is 1.88 bits per heavy atom. The number of nitrogens with zero attached hydrogens (tertiary/aromatic N) is 1. The van der Waals surface area contributed by atoms with Crippen LogP contribution in [0.4, 0.5) is 5.69 Å². The van der Waals surface area contributed by atoms with Crippen molar-refractivity contribution in [3.8, 4) is 0 Å². The van der Waals surface area contributed by atoms with E-state index in [9.17, 15) is 4.79 Å². The molecular weight excluding hydrogens is 330 g/mol. The van der Waals surface area contributed by atoms with Gasteiger partial charge in [0, 0.05) is 55.3 Å². The number of carbonyl (C=O) groups is 1. The van der Waals surface area contributed by atoms with Gasteiger partial charge in [-0.2, -0.15) is 11.8 Å². The minimum absolute atomic E-state index is 0.188. The van der Waals surface area contributed by atoms with Crippen molar-refractivity contribution in [1.29, 1.82) is 0 Å². The number of hydrogen-bond acceptors (Lipinski definition) is 4. The topological polar surface area (TPSA) is 44.4 Å². The van der Waals surface area contributed by atoms with E-state index in [1.54, 1.807) is 0 Å². The molecule has 4 nitrogen and oxygen atoms in total. The summed E-state index contributed by atoms with van der Waals surface area (Å²) >= 11 is 2.03. The van der Waals surface area contributed by atoms with Gasteiger partial charge in [0.2, 0.25) is 5.91 Å². The molecule has 136 valence electrons. The lowest BCUT2D eigenvalue weighted by molar-refractivity contribution is -0.117. The van der Waals surface area contributed by atoms with Crippen LogP contribution in [0, 0.1) is 5.92 Å². The largest absolute Gasteiger partial charge is 0.326 e. The molecule has 2 N–H and O–H groups in total. The van der Waals surface area contributed by atoms with Crippen LogP contribution in [0.3, 0.4) is 0 Å². The van der Waals surface area contributed by atoms with Crippen molar-refractivity contribution >= 4 is 23.4 Å². The van der Waals surface area contributed by atoms with Gasteiger partial charge in [-0.25, -0.2) is 0 Å². The first kappa shape index (κ1) is 17.4. The summed E-state index contributed by atoms with van der Waals surface area (Å²) in [6.45, 7) is 3.23. The zero-order chi connectivity index (χ0) is 17.1. The lowest BCUT2D eigenvalue weighted by atomic mass is 9.89. The number of nitrogens with one attached hydrogen (secondary N) is 2. The minimum atomic E-state index is 0.188. The first-order chi connectivity index (χ1) is 12.3. The number of rotatable bonds is 5. The molecule has 0 saturated carbocycles. The van der Waals surface area contributed by atoms with Crippen LogP contribution in [0.25, 0.3) is 0 Å². The SMILES string of the molecule is O=C(CC1CC2CCC(C1)N2)Nc1ccccc1CN1CCSCC1. The molecular formula is C20H29N3OS. The molecule has 3 aliphatic heterocycles. The van der Waals surface area contributed by atoms with E-state index < -0.39 is 0 Å². The lowest BCUT2D eigenvalue weighted by Gasteiger charge is -2.29. The second-order valence-corrected chi connectivity index (χ2v) is 9.00. The number of amides is 1. The summed E-state index contributed by atoms with van der Waals surface area (Å²) in [7, 11) is 0. The number of carbonyl (C=O) groups excluding carboxylic acids is 1. The maximum absolute atomic E-state index is 12.6. The third-order valence-corrected chi connectivity index (χ3v) is 6.78. The van der Waals surface area contributed by atoms with E-state index in [0.717, 1.165) is 38.2 Å². The standard InChI is InChI=1S/C20H29N3OS/c24-20(13-15-11-17-5-6-18(12-15)21-17)22-19-4-2-1-3-16(19)14-23-7-9-25-10-8-23/h1-4,15,17-18,21H,5-14H2,(H,22,24). The van der Waals surface area contributed by atoms with E-state index in [1.165, 1.54) is 29.9 Å². The zero-order valence-corrected chi connectivity index (χ0v) is 15.7. The Balaban J connectivity index is 1.34. The van der Waals surface area contributed by atoms with E-state index in [1.807, 2.05) is 17.8 Å². The Morgan fingerprint density at radius 3 is 2.64 bits per heavy atom. The highest BCUT2D eigenvalue weighted by Gasteiger charge is 2.34. The number of hydrogen-bond donors (Lipinski definition) is 2. The molecule has 1 aromatic rings. The lowest BCUT2D eigenvalue weighted by Crippen LogP contribution is -2.39. The number of benzene rings is 1. The van der Waals surface area contributed by atoms with E-state index in [2.05, 4.69) is 33.7 Å². The van der Waals surface area contributed by atoms with E-state index in [-0.39, 0.29) is 5.91 Å². The Bertz CT molecular complexity index is 590. The van der Waals surface area contributed by atoms with Crippen LogP contribution in [0.1, 0.15) is 37.7 Å². The molecule has 2 bridgehead atoms. The number of anilines is 1. The second-order valence-electron chi connectivity index (χ2n) is 7.77. The molecule has 4 rings (SSSR count). The monoisotopic (exact) mass is 359 g/mol. The van der Waals surface area contributed by atoms with Gasteiger partial charge in [0.25, 0.3) is 0 Å². The number of fused-ring (bicyclic) bond motifs is 2. The van der Waals surface area contributed by atoms with Crippen LogP contribution in [0.15, 0.2) is 24.3 Å². The number of thioether (sulfide) groups is 1. The molecule has 0 aromatic heterocycles. The normalized spacial score (nSPS) is 29.5. The zero-order valence-electron chi connectivity index (χ0n) is 14.9. The Hall–Kier alpha value is -1.04. The molecule has 0 aliphatic carbocycles. The third kappa shape index (κ3) is 4.57. The molecule has 3 saturated heterocycles. The smallest absolute Gasteiger partial charge is 0.224 e. The van der Waals surface area contributed by atoms with Crippen molar-refractivity contribution in [2.24, 2.45) is 5.92 Å². The molecule has 25 heavy (non-hydrogen) atoms. The van der Waals surface area contributed by atoms with Gasteiger partial charge >= 0.3 is 0 Å². The Kier molecular flexibility index (Phi) is 5.63. The van der Waals surface area contributed by atoms with Gasteiger partial charge in [0.15, 0.2) is 0 Å². The van der Waals surface area contributed by atoms with Crippen LogP contribution in [-0.4, -0.2) is 47.5 Å². The summed E-state index contributed by atoms with van der Waals surface area (Å²) < 4.78 is 0. The summed E-state index contributed by atoms with van der Waals surface area (Å²) in [5.74, 6) is 3.16. The summed E-state index contributed by atoms with van der Waals surface area (Å²) in [6.07, 6.45) is 5.58. The molecule has 0 radical (unpaired) electrons. The minimum Gasteiger partial charge on any atom is -0.326 e. The van der Waals surface area contributed by atoms with E-state index >= 15 is 0 Å². The first-order valence-corrected chi connectivity index (χ1v) is 10.9. The van der Waals surface area contributed by atoms with Crippen LogP contribution in [0.5, 0.6) is 0 Å². The summed E-state index contributed by atoms with van der Waals surface area (Å²) in [4.78, 5) is 15.1. The van der Waals surface area contributed by atoms with Crippen molar-refractivity contribution in [2.45, 2.75) is 50.7 Å². The van der Waals surface area contributed by atoms with Crippen LogP contribution >= 0.6 is 11.8 Å². The molecule has 5 heteroatoms. The molecule has 2 unspecified atom stereocenters. The summed E-state index contributed by atoms with van der Waals surface area (Å²) in [5, 5.41) is 6.87. The molecule has 1 amide bonds. The Labute approximate surface area is 155 Å². The molecule has 3 aliphatic rings. The molecule has 0 spiro atoms. The van der Waals surface area contributed by atoms with Gasteiger partial charge in [-0.05, 0) is 43.2 Å². The quantitative estimate of drug-likeness (QED) is 0.848. The van der Waals surface area contributed by atoms with E-state index in [4.69, 9.17) is 0 Å². The van der Waals surface area contributed by atoms with Crippen LogP contribution in [0.2, 0.25) is 0 Å². The highest BCUT2D eigenvalue weighted by molar-refractivity contribution is 7.99. The fourth-order valence-electron chi connectivity index (χ4n) is 4.59. The average Bonchev–Trinajstić information content (AvgIpc) is 2.96. The fraction of sp³-hybridized carbons (Fsp3) is 0.650.